The smallest absolute Gasteiger partial charge is 0.312 e. The lowest BCUT2D eigenvalue weighted by atomic mass is 9.60. The largest absolute Gasteiger partial charge is 0.462 e. The van der Waals surface area contributed by atoms with Crippen LogP contribution in [0.4, 0.5) is 0 Å². The van der Waals surface area contributed by atoms with Gasteiger partial charge in [-0.15, -0.1) is 0 Å². The van der Waals surface area contributed by atoms with E-state index in [2.05, 4.69) is 32.6 Å². The van der Waals surface area contributed by atoms with Crippen molar-refractivity contribution < 1.29 is 9.53 Å². The lowest BCUT2D eigenvalue weighted by Crippen LogP contribution is -2.52. The highest BCUT2D eigenvalue weighted by Crippen LogP contribution is 2.51. The third kappa shape index (κ3) is 2.42. The zero-order valence-electron chi connectivity index (χ0n) is 14.1. The Bertz CT molecular complexity index is 410. The van der Waals surface area contributed by atoms with Crippen LogP contribution in [0.3, 0.4) is 0 Å². The molecule has 1 aliphatic carbocycles. The molecule has 3 nitrogen and oxygen atoms in total. The summed E-state index contributed by atoms with van der Waals surface area (Å²) < 4.78 is 5.80. The van der Waals surface area contributed by atoms with E-state index in [0.29, 0.717) is 23.8 Å². The van der Waals surface area contributed by atoms with Crippen molar-refractivity contribution in [3.63, 3.8) is 0 Å². The zero-order chi connectivity index (χ0) is 15.2. The number of hydrogen-bond acceptors (Lipinski definition) is 3. The number of rotatable bonds is 1. The molecule has 3 fully saturated rings. The van der Waals surface area contributed by atoms with Gasteiger partial charge in [0, 0.05) is 6.04 Å². The molecular weight excluding hydrogens is 262 g/mol. The van der Waals surface area contributed by atoms with Gasteiger partial charge >= 0.3 is 5.97 Å². The molecule has 3 rings (SSSR count). The van der Waals surface area contributed by atoms with Crippen molar-refractivity contribution in [3.8, 4) is 0 Å². The van der Waals surface area contributed by atoms with Crippen LogP contribution in [-0.4, -0.2) is 36.1 Å². The second kappa shape index (κ2) is 5.57. The molecule has 2 heterocycles. The number of ether oxygens (including phenoxy) is 1. The Morgan fingerprint density at radius 2 is 2.05 bits per heavy atom. The van der Waals surface area contributed by atoms with E-state index in [-0.39, 0.29) is 17.5 Å². The first-order valence-corrected chi connectivity index (χ1v) is 8.92. The molecule has 0 spiro atoms. The summed E-state index contributed by atoms with van der Waals surface area (Å²) in [5, 5.41) is 0. The summed E-state index contributed by atoms with van der Waals surface area (Å²) in [5.41, 5.74) is -0.251. The second-order valence-electron chi connectivity index (χ2n) is 7.87. The van der Waals surface area contributed by atoms with E-state index < -0.39 is 0 Å². The van der Waals surface area contributed by atoms with Gasteiger partial charge in [-0.3, -0.25) is 4.79 Å². The van der Waals surface area contributed by atoms with Crippen LogP contribution in [-0.2, 0) is 9.53 Å². The van der Waals surface area contributed by atoms with Crippen LogP contribution in [0.2, 0.25) is 0 Å². The molecule has 0 radical (unpaired) electrons. The summed E-state index contributed by atoms with van der Waals surface area (Å²) in [5.74, 6) is 1.70. The van der Waals surface area contributed by atoms with Gasteiger partial charge in [0.1, 0.15) is 6.10 Å². The molecule has 2 saturated heterocycles. The average molecular weight is 293 g/mol. The maximum Gasteiger partial charge on any atom is 0.312 e. The molecule has 0 aromatic carbocycles. The van der Waals surface area contributed by atoms with Gasteiger partial charge < -0.3 is 9.64 Å². The highest BCUT2D eigenvalue weighted by molar-refractivity contribution is 5.78. The average Bonchev–Trinajstić information content (AvgIpc) is 2.47. The molecule has 120 valence electrons. The van der Waals surface area contributed by atoms with Crippen molar-refractivity contribution in [2.45, 2.75) is 71.9 Å². The van der Waals surface area contributed by atoms with Gasteiger partial charge in [0.05, 0.1) is 5.41 Å². The van der Waals surface area contributed by atoms with Crippen molar-refractivity contribution in [3.05, 3.63) is 0 Å². The molecular formula is C18H31NO2. The normalized spacial score (nSPS) is 48.0. The molecule has 3 heteroatoms. The van der Waals surface area contributed by atoms with Crippen LogP contribution in [0.15, 0.2) is 0 Å². The summed E-state index contributed by atoms with van der Waals surface area (Å²) in [4.78, 5) is 15.4. The third-order valence-electron chi connectivity index (χ3n) is 6.85. The number of fused-ring (bicyclic) bond motifs is 5. The van der Waals surface area contributed by atoms with E-state index in [9.17, 15) is 4.79 Å². The van der Waals surface area contributed by atoms with Crippen LogP contribution in [0.5, 0.6) is 0 Å². The first-order valence-electron chi connectivity index (χ1n) is 8.92. The first kappa shape index (κ1) is 15.3. The maximum atomic E-state index is 12.7. The summed E-state index contributed by atoms with van der Waals surface area (Å²) in [6.45, 7) is 11.3. The van der Waals surface area contributed by atoms with E-state index in [0.717, 1.165) is 13.0 Å². The zero-order valence-corrected chi connectivity index (χ0v) is 14.1. The molecule has 6 atom stereocenters. The summed E-state index contributed by atoms with van der Waals surface area (Å²) in [6.07, 6.45) is 6.07. The fraction of sp³-hybridized carbons (Fsp3) is 0.944. The fourth-order valence-corrected chi connectivity index (χ4v) is 5.48. The molecule has 4 bridgehead atoms. The lowest BCUT2D eigenvalue weighted by Gasteiger charge is -2.49. The standard InChI is InChI=1S/C18H31NO2/c1-5-19-10-9-14-11-18(4,17(20)21-13(14)3)15-7-6-8-16(19)12(15)2/h12-16H,5-11H2,1-4H3/t12-,13-,14-,15+,16-,18?/m1/s1. The van der Waals surface area contributed by atoms with Gasteiger partial charge in [-0.25, -0.2) is 0 Å². The summed E-state index contributed by atoms with van der Waals surface area (Å²) >= 11 is 0. The Hall–Kier alpha value is -0.570. The van der Waals surface area contributed by atoms with Crippen molar-refractivity contribution in [1.29, 1.82) is 0 Å². The highest BCUT2D eigenvalue weighted by atomic mass is 16.5. The minimum absolute atomic E-state index is 0.0775. The number of cyclic esters (lactones) is 1. The molecule has 0 aromatic rings. The number of nitrogens with zero attached hydrogens (tertiary/aromatic N) is 1. The minimum Gasteiger partial charge on any atom is -0.462 e. The lowest BCUT2D eigenvalue weighted by molar-refractivity contribution is -0.182. The monoisotopic (exact) mass is 293 g/mol. The van der Waals surface area contributed by atoms with E-state index in [1.54, 1.807) is 0 Å². The predicted octanol–water partition coefficient (Wildman–Crippen LogP) is 3.47. The van der Waals surface area contributed by atoms with Gasteiger partial charge in [-0.1, -0.05) is 20.3 Å². The molecule has 0 aromatic heterocycles. The van der Waals surface area contributed by atoms with E-state index in [1.165, 1.54) is 32.2 Å². The topological polar surface area (TPSA) is 29.5 Å². The molecule has 2 aliphatic heterocycles. The SMILES string of the molecule is CCN1CC[C@@H]2CC(C)(C(=O)O[C@@H]2C)[C@H]2CCC[C@@H]1[C@@H]2C. The maximum absolute atomic E-state index is 12.7. The molecule has 21 heavy (non-hydrogen) atoms. The fourth-order valence-electron chi connectivity index (χ4n) is 5.48. The number of esters is 1. The van der Waals surface area contributed by atoms with Crippen molar-refractivity contribution in [2.24, 2.45) is 23.2 Å². The number of carbonyl (C=O) groups is 1. The summed E-state index contributed by atoms with van der Waals surface area (Å²) in [7, 11) is 0. The Morgan fingerprint density at radius 1 is 1.29 bits per heavy atom. The first-order chi connectivity index (χ1) is 9.97. The molecule has 0 N–H and O–H groups in total. The minimum atomic E-state index is -0.251. The van der Waals surface area contributed by atoms with Crippen molar-refractivity contribution in [2.75, 3.05) is 13.1 Å². The van der Waals surface area contributed by atoms with Gasteiger partial charge in [-0.05, 0) is 70.4 Å². The van der Waals surface area contributed by atoms with Crippen molar-refractivity contribution in [1.82, 2.24) is 4.90 Å². The number of carbonyl (C=O) groups excluding carboxylic acids is 1. The van der Waals surface area contributed by atoms with Crippen LogP contribution < -0.4 is 0 Å². The molecule has 0 amide bonds. The Morgan fingerprint density at radius 3 is 2.76 bits per heavy atom. The Balaban J connectivity index is 1.98. The van der Waals surface area contributed by atoms with Crippen LogP contribution in [0, 0.1) is 23.2 Å². The number of hydrogen-bond donors (Lipinski definition) is 0. The third-order valence-corrected chi connectivity index (χ3v) is 6.85. The van der Waals surface area contributed by atoms with Crippen LogP contribution in [0.25, 0.3) is 0 Å². The molecule has 1 saturated carbocycles. The Kier molecular flexibility index (Phi) is 4.06. The van der Waals surface area contributed by atoms with Crippen LogP contribution >= 0.6 is 0 Å². The van der Waals surface area contributed by atoms with E-state index >= 15 is 0 Å². The van der Waals surface area contributed by atoms with Gasteiger partial charge in [0.2, 0.25) is 0 Å². The van der Waals surface area contributed by atoms with Gasteiger partial charge in [0.25, 0.3) is 0 Å². The molecule has 3 aliphatic rings. The van der Waals surface area contributed by atoms with E-state index in [1.807, 2.05) is 0 Å². The quantitative estimate of drug-likeness (QED) is 0.693. The van der Waals surface area contributed by atoms with E-state index in [4.69, 9.17) is 4.74 Å². The van der Waals surface area contributed by atoms with Crippen molar-refractivity contribution >= 4 is 5.97 Å². The highest BCUT2D eigenvalue weighted by Gasteiger charge is 2.53. The van der Waals surface area contributed by atoms with Gasteiger partial charge in [-0.2, -0.15) is 0 Å². The molecule has 1 unspecified atom stereocenters. The van der Waals surface area contributed by atoms with Gasteiger partial charge in [0.15, 0.2) is 0 Å². The summed E-state index contributed by atoms with van der Waals surface area (Å²) in [6, 6.07) is 0.660. The predicted molar refractivity (Wildman–Crippen MR) is 83.9 cm³/mol. The second-order valence-corrected chi connectivity index (χ2v) is 7.87. The van der Waals surface area contributed by atoms with Crippen LogP contribution in [0.1, 0.15) is 59.8 Å². The Labute approximate surface area is 129 Å².